The van der Waals surface area contributed by atoms with Crippen LogP contribution in [-0.2, 0) is 14.4 Å². The summed E-state index contributed by atoms with van der Waals surface area (Å²) in [4.78, 5) is 29.7. The van der Waals surface area contributed by atoms with Crippen LogP contribution in [0.25, 0.3) is 0 Å². The number of oxime groups is 1. The Labute approximate surface area is 151 Å². The van der Waals surface area contributed by atoms with Gasteiger partial charge in [-0.15, -0.1) is 0 Å². The first-order valence-electron chi connectivity index (χ1n) is 7.68. The summed E-state index contributed by atoms with van der Waals surface area (Å²) < 4.78 is 0. The van der Waals surface area contributed by atoms with E-state index in [4.69, 9.17) is 24.6 Å². The number of aromatic nitrogens is 1. The van der Waals surface area contributed by atoms with Gasteiger partial charge < -0.3 is 20.0 Å². The van der Waals surface area contributed by atoms with E-state index in [-0.39, 0.29) is 0 Å². The Bertz CT molecular complexity index is 665. The highest BCUT2D eigenvalue weighted by Crippen LogP contribution is 2.10. The van der Waals surface area contributed by atoms with E-state index in [0.717, 1.165) is 23.4 Å². The highest BCUT2D eigenvalue weighted by Gasteiger charge is 2.07. The maximum atomic E-state index is 9.10. The summed E-state index contributed by atoms with van der Waals surface area (Å²) >= 11 is 0. The topological polar surface area (TPSA) is 112 Å². The van der Waals surface area contributed by atoms with Crippen LogP contribution in [0.3, 0.4) is 0 Å². The third-order valence-electron chi connectivity index (χ3n) is 2.97. The molecule has 2 N–H and O–H groups in total. The van der Waals surface area contributed by atoms with Crippen molar-refractivity contribution >= 4 is 17.7 Å². The van der Waals surface area contributed by atoms with Gasteiger partial charge in [0.15, 0.2) is 0 Å². The number of rotatable bonds is 6. The van der Waals surface area contributed by atoms with Gasteiger partial charge >= 0.3 is 11.9 Å². The molecule has 8 nitrogen and oxygen atoms in total. The molecule has 0 amide bonds. The fraction of sp³-hybridized carbons (Fsp3) is 0.222. The molecule has 0 saturated heterocycles. The minimum atomic E-state index is -1.82. The maximum Gasteiger partial charge on any atom is 0.414 e. The van der Waals surface area contributed by atoms with Crippen molar-refractivity contribution in [2.24, 2.45) is 5.16 Å². The fourth-order valence-corrected chi connectivity index (χ4v) is 1.71. The molecule has 2 aromatic rings. The van der Waals surface area contributed by atoms with E-state index in [1.165, 1.54) is 0 Å². The lowest BCUT2D eigenvalue weighted by atomic mass is 10.0. The quantitative estimate of drug-likeness (QED) is 0.348. The second kappa shape index (κ2) is 11.3. The minimum Gasteiger partial charge on any atom is -0.473 e. The molecular formula is C18H21N3O5. The maximum absolute atomic E-state index is 9.10. The van der Waals surface area contributed by atoms with E-state index in [1.54, 1.807) is 12.4 Å². The molecule has 2 rings (SSSR count). The summed E-state index contributed by atoms with van der Waals surface area (Å²) in [6.07, 6.45) is 3.52. The van der Waals surface area contributed by atoms with Crippen molar-refractivity contribution < 1.29 is 24.6 Å². The van der Waals surface area contributed by atoms with Crippen LogP contribution < -0.4 is 0 Å². The van der Waals surface area contributed by atoms with E-state index < -0.39 is 11.9 Å². The first-order valence-corrected chi connectivity index (χ1v) is 7.68. The Morgan fingerprint density at radius 3 is 2.04 bits per heavy atom. The summed E-state index contributed by atoms with van der Waals surface area (Å²) in [5, 5.41) is 19.1. The number of pyridine rings is 1. The van der Waals surface area contributed by atoms with Gasteiger partial charge in [0.05, 0.1) is 0 Å². The van der Waals surface area contributed by atoms with Crippen LogP contribution in [0.2, 0.25) is 0 Å². The lowest BCUT2D eigenvalue weighted by Crippen LogP contribution is -2.17. The number of benzene rings is 1. The molecule has 0 spiro atoms. The van der Waals surface area contributed by atoms with Crippen molar-refractivity contribution in [1.82, 2.24) is 9.88 Å². The van der Waals surface area contributed by atoms with Crippen LogP contribution in [0.5, 0.6) is 0 Å². The minimum absolute atomic E-state index is 0.564. The molecule has 0 aliphatic carbocycles. The zero-order chi connectivity index (χ0) is 19.4. The average Bonchev–Trinajstić information content (AvgIpc) is 2.63. The Kier molecular flexibility index (Phi) is 9.05. The second-order valence-electron chi connectivity index (χ2n) is 5.29. The van der Waals surface area contributed by atoms with Crippen molar-refractivity contribution in [2.45, 2.75) is 0 Å². The number of nitrogens with zero attached hydrogens (tertiary/aromatic N) is 3. The third-order valence-corrected chi connectivity index (χ3v) is 2.97. The standard InChI is InChI=1S/C16H19N3O.C2H2O4/c1-19(2)12-13-20-18-16(14-6-4-3-5-7-14)15-8-10-17-11-9-15;3-1(4)2(5)6/h3-11H,12-13H2,1-2H3;(H,3,4)(H,5,6). The number of hydrogen-bond donors (Lipinski definition) is 2. The van der Waals surface area contributed by atoms with Gasteiger partial charge in [-0.2, -0.15) is 0 Å². The van der Waals surface area contributed by atoms with Gasteiger partial charge in [0.25, 0.3) is 0 Å². The zero-order valence-electron chi connectivity index (χ0n) is 14.6. The molecular weight excluding hydrogens is 338 g/mol. The van der Waals surface area contributed by atoms with Crippen LogP contribution in [0.15, 0.2) is 60.0 Å². The van der Waals surface area contributed by atoms with Gasteiger partial charge in [0.1, 0.15) is 12.3 Å². The fourth-order valence-electron chi connectivity index (χ4n) is 1.71. The zero-order valence-corrected chi connectivity index (χ0v) is 14.6. The molecule has 0 unspecified atom stereocenters. The summed E-state index contributed by atoms with van der Waals surface area (Å²) in [6, 6.07) is 13.9. The van der Waals surface area contributed by atoms with E-state index in [2.05, 4.69) is 15.0 Å². The third kappa shape index (κ3) is 8.02. The summed E-state index contributed by atoms with van der Waals surface area (Å²) in [7, 11) is 4.02. The molecule has 0 fully saturated rings. The van der Waals surface area contributed by atoms with E-state index in [0.29, 0.717) is 6.61 Å². The molecule has 0 aliphatic heterocycles. The predicted molar refractivity (Wildman–Crippen MR) is 96.1 cm³/mol. The molecule has 8 heteroatoms. The van der Waals surface area contributed by atoms with E-state index in [9.17, 15) is 0 Å². The number of carboxylic acid groups (broad SMARTS) is 2. The van der Waals surface area contributed by atoms with Crippen LogP contribution >= 0.6 is 0 Å². The molecule has 0 bridgehead atoms. The van der Waals surface area contributed by atoms with E-state index in [1.807, 2.05) is 56.6 Å². The Morgan fingerprint density at radius 1 is 1.00 bits per heavy atom. The Balaban J connectivity index is 0.000000487. The number of likely N-dealkylation sites (N-methyl/N-ethyl adjacent to an activating group) is 1. The van der Waals surface area contributed by atoms with Crippen molar-refractivity contribution in [3.8, 4) is 0 Å². The van der Waals surface area contributed by atoms with Gasteiger partial charge in [0.2, 0.25) is 0 Å². The largest absolute Gasteiger partial charge is 0.473 e. The Hall–Kier alpha value is -3.26. The predicted octanol–water partition coefficient (Wildman–Crippen LogP) is 1.57. The van der Waals surface area contributed by atoms with Crippen LogP contribution in [0.4, 0.5) is 0 Å². The summed E-state index contributed by atoms with van der Waals surface area (Å²) in [6.45, 7) is 1.40. The van der Waals surface area contributed by atoms with Gasteiger partial charge in [-0.3, -0.25) is 4.98 Å². The normalized spacial score (nSPS) is 10.7. The number of aliphatic carboxylic acids is 2. The lowest BCUT2D eigenvalue weighted by Gasteiger charge is -2.10. The molecule has 1 heterocycles. The number of carboxylic acids is 2. The van der Waals surface area contributed by atoms with Crippen molar-refractivity contribution in [3.05, 3.63) is 66.0 Å². The Morgan fingerprint density at radius 2 is 1.54 bits per heavy atom. The van der Waals surface area contributed by atoms with Gasteiger partial charge in [0, 0.05) is 30.1 Å². The smallest absolute Gasteiger partial charge is 0.414 e. The first kappa shape index (κ1) is 20.8. The van der Waals surface area contributed by atoms with Crippen LogP contribution in [0, 0.1) is 0 Å². The number of carbonyl (C=O) groups is 2. The average molecular weight is 359 g/mol. The van der Waals surface area contributed by atoms with Crippen LogP contribution in [0.1, 0.15) is 11.1 Å². The molecule has 0 radical (unpaired) electrons. The lowest BCUT2D eigenvalue weighted by molar-refractivity contribution is -0.159. The van der Waals surface area contributed by atoms with Crippen molar-refractivity contribution in [2.75, 3.05) is 27.2 Å². The molecule has 1 aromatic carbocycles. The first-order chi connectivity index (χ1) is 12.4. The van der Waals surface area contributed by atoms with Crippen LogP contribution in [-0.4, -0.2) is 65.0 Å². The highest BCUT2D eigenvalue weighted by molar-refractivity contribution is 6.27. The van der Waals surface area contributed by atoms with E-state index >= 15 is 0 Å². The van der Waals surface area contributed by atoms with Crippen molar-refractivity contribution in [3.63, 3.8) is 0 Å². The summed E-state index contributed by atoms with van der Waals surface area (Å²) in [5.74, 6) is -3.65. The molecule has 0 atom stereocenters. The monoisotopic (exact) mass is 359 g/mol. The molecule has 138 valence electrons. The molecule has 26 heavy (non-hydrogen) atoms. The SMILES string of the molecule is CN(C)CCON=C(c1ccccc1)c1ccncc1.O=C(O)C(=O)O. The molecule has 1 aromatic heterocycles. The summed E-state index contributed by atoms with van der Waals surface area (Å²) in [5.41, 5.74) is 2.85. The second-order valence-corrected chi connectivity index (χ2v) is 5.29. The molecule has 0 aliphatic rings. The molecule has 0 saturated carbocycles. The van der Waals surface area contributed by atoms with Gasteiger partial charge in [-0.1, -0.05) is 35.5 Å². The van der Waals surface area contributed by atoms with Gasteiger partial charge in [-0.25, -0.2) is 9.59 Å². The number of hydrogen-bond acceptors (Lipinski definition) is 6. The highest BCUT2D eigenvalue weighted by atomic mass is 16.6. The van der Waals surface area contributed by atoms with Crippen molar-refractivity contribution in [1.29, 1.82) is 0 Å². The van der Waals surface area contributed by atoms with Gasteiger partial charge in [-0.05, 0) is 26.2 Å².